The molecule has 2 aromatic heterocycles. The van der Waals surface area contributed by atoms with Crippen molar-refractivity contribution in [3.05, 3.63) is 70.7 Å². The van der Waals surface area contributed by atoms with Crippen LogP contribution in [0, 0.1) is 20.8 Å². The van der Waals surface area contributed by atoms with Crippen LogP contribution in [0.15, 0.2) is 42.7 Å². The first-order valence-electron chi connectivity index (χ1n) is 13.2. The molecule has 0 radical (unpaired) electrons. The van der Waals surface area contributed by atoms with Gasteiger partial charge < -0.3 is 15.1 Å². The molecule has 0 saturated heterocycles. The van der Waals surface area contributed by atoms with E-state index in [0.29, 0.717) is 29.2 Å². The molecule has 218 valence electrons. The largest absolute Gasteiger partial charge is 0.416 e. The Labute approximate surface area is 237 Å². The van der Waals surface area contributed by atoms with Crippen LogP contribution in [0.4, 0.5) is 24.5 Å². The van der Waals surface area contributed by atoms with Gasteiger partial charge in [0.25, 0.3) is 5.91 Å². The summed E-state index contributed by atoms with van der Waals surface area (Å²) in [5.74, 6) is -0.529. The first kappa shape index (κ1) is 29.8. The third-order valence-corrected chi connectivity index (χ3v) is 7.19. The topological polar surface area (TPSA) is 84.1 Å². The predicted octanol–water partition coefficient (Wildman–Crippen LogP) is 5.25. The van der Waals surface area contributed by atoms with Gasteiger partial charge in [0, 0.05) is 48.8 Å². The van der Waals surface area contributed by atoms with Crippen molar-refractivity contribution in [3.8, 4) is 16.9 Å². The van der Waals surface area contributed by atoms with E-state index in [2.05, 4.69) is 20.7 Å². The van der Waals surface area contributed by atoms with Crippen LogP contribution in [0.2, 0.25) is 0 Å². The molecule has 0 aliphatic rings. The molecule has 12 heteroatoms. The highest BCUT2D eigenvalue weighted by Crippen LogP contribution is 2.37. The molecule has 0 aliphatic heterocycles. The molecule has 0 unspecified atom stereocenters. The summed E-state index contributed by atoms with van der Waals surface area (Å²) in [7, 11) is 7.50. The lowest BCUT2D eigenvalue weighted by Gasteiger charge is -2.25. The number of benzene rings is 2. The molecular formula is C29H35F3N8O. The van der Waals surface area contributed by atoms with Gasteiger partial charge >= 0.3 is 6.18 Å². The van der Waals surface area contributed by atoms with Gasteiger partial charge in [0.15, 0.2) is 0 Å². The number of halogens is 3. The Kier molecular flexibility index (Phi) is 8.52. The standard InChI is InChI=1S/C29H35F3N8O/c1-18-9-10-21(13-26(18)40-17-25(35-36-40)23-16-33-39(7)20(23)3)28(41)34-24-14-22(29(30,31)32)15-27(19(24)2)38(6)12-8-11-37(4)5/h9-10,13-17H,8,11-12H2,1-7H3,(H,34,41). The average Bonchev–Trinajstić information content (AvgIpc) is 3.51. The van der Waals surface area contributed by atoms with Gasteiger partial charge in [-0.1, -0.05) is 11.3 Å². The Bertz CT molecular complexity index is 1550. The Balaban J connectivity index is 1.63. The van der Waals surface area contributed by atoms with E-state index in [1.54, 1.807) is 58.8 Å². The number of hydrogen-bond acceptors (Lipinski definition) is 6. The number of aryl methyl sites for hydroxylation is 2. The van der Waals surface area contributed by atoms with E-state index in [4.69, 9.17) is 0 Å². The molecule has 9 nitrogen and oxygen atoms in total. The molecule has 2 aromatic carbocycles. The minimum absolute atomic E-state index is 0.108. The Morgan fingerprint density at radius 2 is 1.78 bits per heavy atom. The minimum Gasteiger partial charge on any atom is -0.374 e. The van der Waals surface area contributed by atoms with E-state index in [1.165, 1.54) is 0 Å². The molecule has 4 rings (SSSR count). The number of nitrogens with one attached hydrogen (secondary N) is 1. The van der Waals surface area contributed by atoms with E-state index >= 15 is 0 Å². The summed E-state index contributed by atoms with van der Waals surface area (Å²) in [5.41, 5.74) is 4.41. The second-order valence-corrected chi connectivity index (χ2v) is 10.5. The maximum absolute atomic E-state index is 13.8. The Morgan fingerprint density at radius 1 is 1.05 bits per heavy atom. The second-order valence-electron chi connectivity index (χ2n) is 10.5. The van der Waals surface area contributed by atoms with Gasteiger partial charge in [0.1, 0.15) is 5.69 Å². The van der Waals surface area contributed by atoms with E-state index < -0.39 is 17.6 Å². The highest BCUT2D eigenvalue weighted by Gasteiger charge is 2.32. The van der Waals surface area contributed by atoms with Gasteiger partial charge in [-0.3, -0.25) is 9.48 Å². The molecule has 0 bridgehead atoms. The lowest BCUT2D eigenvalue weighted by molar-refractivity contribution is -0.137. The number of alkyl halides is 3. The number of carbonyl (C=O) groups excluding carboxylic acids is 1. The fourth-order valence-electron chi connectivity index (χ4n) is 4.58. The summed E-state index contributed by atoms with van der Waals surface area (Å²) >= 11 is 0. The van der Waals surface area contributed by atoms with Crippen molar-refractivity contribution in [2.75, 3.05) is 44.4 Å². The quantitative estimate of drug-likeness (QED) is 0.297. The van der Waals surface area contributed by atoms with Gasteiger partial charge in [-0.25, -0.2) is 4.68 Å². The van der Waals surface area contributed by atoms with E-state index in [1.807, 2.05) is 39.9 Å². The van der Waals surface area contributed by atoms with Crippen molar-refractivity contribution in [1.82, 2.24) is 29.7 Å². The lowest BCUT2D eigenvalue weighted by atomic mass is 10.0. The molecular weight excluding hydrogens is 533 g/mol. The smallest absolute Gasteiger partial charge is 0.374 e. The van der Waals surface area contributed by atoms with Crippen molar-refractivity contribution >= 4 is 17.3 Å². The van der Waals surface area contributed by atoms with Gasteiger partial charge in [0.2, 0.25) is 0 Å². The summed E-state index contributed by atoms with van der Waals surface area (Å²) in [6.45, 7) is 6.89. The number of anilines is 2. The van der Waals surface area contributed by atoms with Crippen molar-refractivity contribution in [3.63, 3.8) is 0 Å². The highest BCUT2D eigenvalue weighted by molar-refractivity contribution is 6.05. The van der Waals surface area contributed by atoms with Gasteiger partial charge in [-0.05, 0) is 83.2 Å². The molecule has 1 amide bonds. The van der Waals surface area contributed by atoms with Crippen LogP contribution < -0.4 is 10.2 Å². The summed E-state index contributed by atoms with van der Waals surface area (Å²) in [6, 6.07) is 7.17. The maximum atomic E-state index is 13.8. The van der Waals surface area contributed by atoms with Crippen LogP contribution in [0.5, 0.6) is 0 Å². The summed E-state index contributed by atoms with van der Waals surface area (Å²) < 4.78 is 44.8. The first-order valence-corrected chi connectivity index (χ1v) is 13.2. The number of nitrogens with zero attached hydrogens (tertiary/aromatic N) is 7. The molecule has 41 heavy (non-hydrogen) atoms. The van der Waals surface area contributed by atoms with Crippen molar-refractivity contribution in [1.29, 1.82) is 0 Å². The van der Waals surface area contributed by atoms with E-state index in [9.17, 15) is 18.0 Å². The fraction of sp³-hybridized carbons (Fsp3) is 0.379. The molecule has 0 fully saturated rings. The van der Waals surface area contributed by atoms with Crippen LogP contribution in [0.3, 0.4) is 0 Å². The zero-order valence-electron chi connectivity index (χ0n) is 24.3. The Hall–Kier alpha value is -4.19. The van der Waals surface area contributed by atoms with Crippen LogP contribution in [-0.4, -0.2) is 69.8 Å². The monoisotopic (exact) mass is 568 g/mol. The molecule has 2 heterocycles. The van der Waals surface area contributed by atoms with Crippen molar-refractivity contribution in [2.24, 2.45) is 7.05 Å². The lowest BCUT2D eigenvalue weighted by Crippen LogP contribution is -2.25. The summed E-state index contributed by atoms with van der Waals surface area (Å²) in [6.07, 6.45) is -0.326. The summed E-state index contributed by atoms with van der Waals surface area (Å²) in [5, 5.41) is 15.5. The zero-order chi connectivity index (χ0) is 30.1. The first-order chi connectivity index (χ1) is 19.3. The minimum atomic E-state index is -4.57. The van der Waals surface area contributed by atoms with Gasteiger partial charge in [0.05, 0.1) is 23.6 Å². The predicted molar refractivity (Wildman–Crippen MR) is 154 cm³/mol. The highest BCUT2D eigenvalue weighted by atomic mass is 19.4. The molecule has 0 spiro atoms. The molecule has 0 saturated carbocycles. The van der Waals surface area contributed by atoms with Gasteiger partial charge in [-0.2, -0.15) is 18.3 Å². The number of carbonyl (C=O) groups is 1. The molecule has 4 aromatic rings. The normalized spacial score (nSPS) is 11.8. The van der Waals surface area contributed by atoms with Crippen molar-refractivity contribution in [2.45, 2.75) is 33.4 Å². The number of rotatable bonds is 9. The third kappa shape index (κ3) is 6.59. The molecule has 0 atom stereocenters. The molecule has 0 aliphatic carbocycles. The number of amides is 1. The van der Waals surface area contributed by atoms with Crippen LogP contribution in [0.25, 0.3) is 16.9 Å². The van der Waals surface area contributed by atoms with Crippen LogP contribution in [0.1, 0.15) is 39.2 Å². The second kappa shape index (κ2) is 11.7. The fourth-order valence-corrected chi connectivity index (χ4v) is 4.58. The van der Waals surface area contributed by atoms with Crippen molar-refractivity contribution < 1.29 is 18.0 Å². The SMILES string of the molecule is Cc1ccc(C(=O)Nc2cc(C(F)(F)F)cc(N(C)CCCN(C)C)c2C)cc1-n1cc(-c2cnn(C)c2C)nn1. The van der Waals surface area contributed by atoms with E-state index in [0.717, 1.165) is 41.9 Å². The third-order valence-electron chi connectivity index (χ3n) is 7.19. The number of hydrogen-bond donors (Lipinski definition) is 1. The zero-order valence-corrected chi connectivity index (χ0v) is 24.3. The Morgan fingerprint density at radius 3 is 2.41 bits per heavy atom. The average molecular weight is 569 g/mol. The van der Waals surface area contributed by atoms with E-state index in [-0.39, 0.29) is 11.3 Å². The maximum Gasteiger partial charge on any atom is 0.416 e. The summed E-state index contributed by atoms with van der Waals surface area (Å²) in [4.78, 5) is 17.2. The molecule has 1 N–H and O–H groups in total. The van der Waals surface area contributed by atoms with Crippen LogP contribution >= 0.6 is 0 Å². The van der Waals surface area contributed by atoms with Crippen LogP contribution in [-0.2, 0) is 13.2 Å². The number of aromatic nitrogens is 5. The van der Waals surface area contributed by atoms with Gasteiger partial charge in [-0.15, -0.1) is 5.10 Å².